The van der Waals surface area contributed by atoms with Crippen LogP contribution in [-0.2, 0) is 4.74 Å². The SMILES string of the molecule is Cc1nc([C@H]2COC[C@H]2NC(C)c2c(C)oc3ccccc23)n[nH]1. The topological polar surface area (TPSA) is 76.0 Å². The molecule has 1 aromatic carbocycles. The zero-order chi connectivity index (χ0) is 16.7. The standard InChI is InChI=1S/C18H22N4O2/c1-10(17-11(2)24-16-7-5-4-6-13(16)17)19-15-9-23-8-14(15)18-20-12(3)21-22-18/h4-7,10,14-15,19H,8-9H2,1-3H3,(H,20,21,22)/t10?,14-,15+/m0/s1. The molecule has 0 amide bonds. The minimum absolute atomic E-state index is 0.155. The Morgan fingerprint density at radius 2 is 2.08 bits per heavy atom. The van der Waals surface area contributed by atoms with Gasteiger partial charge in [-0.3, -0.25) is 5.10 Å². The fraction of sp³-hybridized carbons (Fsp3) is 0.444. The van der Waals surface area contributed by atoms with Crippen LogP contribution in [0.2, 0.25) is 0 Å². The van der Waals surface area contributed by atoms with Crippen LogP contribution in [0.5, 0.6) is 0 Å². The first-order valence-corrected chi connectivity index (χ1v) is 8.34. The Balaban J connectivity index is 1.58. The average Bonchev–Trinajstić information content (AvgIpc) is 3.24. The van der Waals surface area contributed by atoms with Gasteiger partial charge in [0, 0.05) is 23.0 Å². The van der Waals surface area contributed by atoms with Crippen LogP contribution in [0.3, 0.4) is 0 Å². The van der Waals surface area contributed by atoms with Crippen molar-refractivity contribution in [2.24, 2.45) is 0 Å². The van der Waals surface area contributed by atoms with Gasteiger partial charge in [0.1, 0.15) is 17.2 Å². The van der Waals surface area contributed by atoms with Gasteiger partial charge in [0.25, 0.3) is 0 Å². The van der Waals surface area contributed by atoms with Gasteiger partial charge in [-0.25, -0.2) is 4.98 Å². The van der Waals surface area contributed by atoms with Crippen molar-refractivity contribution in [3.05, 3.63) is 47.2 Å². The minimum atomic E-state index is 0.155. The van der Waals surface area contributed by atoms with Gasteiger partial charge in [0.2, 0.25) is 0 Å². The molecule has 1 fully saturated rings. The third kappa shape index (κ3) is 2.61. The van der Waals surface area contributed by atoms with Crippen molar-refractivity contribution >= 4 is 11.0 Å². The van der Waals surface area contributed by atoms with E-state index in [2.05, 4.69) is 33.5 Å². The molecule has 0 spiro atoms. The van der Waals surface area contributed by atoms with Gasteiger partial charge in [-0.15, -0.1) is 0 Å². The Kier molecular flexibility index (Phi) is 3.86. The van der Waals surface area contributed by atoms with E-state index < -0.39 is 0 Å². The molecule has 0 bridgehead atoms. The summed E-state index contributed by atoms with van der Waals surface area (Å²) < 4.78 is 11.6. The van der Waals surface area contributed by atoms with Crippen LogP contribution in [0.25, 0.3) is 11.0 Å². The average molecular weight is 326 g/mol. The van der Waals surface area contributed by atoms with E-state index in [0.29, 0.717) is 13.2 Å². The van der Waals surface area contributed by atoms with Gasteiger partial charge in [-0.05, 0) is 26.8 Å². The molecule has 4 rings (SSSR count). The van der Waals surface area contributed by atoms with Crippen LogP contribution in [-0.4, -0.2) is 34.4 Å². The summed E-state index contributed by atoms with van der Waals surface area (Å²) in [4.78, 5) is 4.48. The third-order valence-electron chi connectivity index (χ3n) is 4.74. The van der Waals surface area contributed by atoms with Crippen molar-refractivity contribution in [2.75, 3.05) is 13.2 Å². The number of para-hydroxylation sites is 1. The summed E-state index contributed by atoms with van der Waals surface area (Å²) in [5.41, 5.74) is 2.14. The van der Waals surface area contributed by atoms with Crippen LogP contribution >= 0.6 is 0 Å². The number of hydrogen-bond donors (Lipinski definition) is 2. The van der Waals surface area contributed by atoms with E-state index in [1.54, 1.807) is 0 Å². The Hall–Kier alpha value is -2.18. The minimum Gasteiger partial charge on any atom is -0.461 e. The molecule has 24 heavy (non-hydrogen) atoms. The third-order valence-corrected chi connectivity index (χ3v) is 4.74. The van der Waals surface area contributed by atoms with Crippen molar-refractivity contribution in [3.8, 4) is 0 Å². The van der Waals surface area contributed by atoms with Gasteiger partial charge in [-0.1, -0.05) is 18.2 Å². The predicted octanol–water partition coefficient (Wildman–Crippen LogP) is 3.00. The Morgan fingerprint density at radius 3 is 2.88 bits per heavy atom. The van der Waals surface area contributed by atoms with Gasteiger partial charge in [-0.2, -0.15) is 5.10 Å². The van der Waals surface area contributed by atoms with Crippen LogP contribution in [0.4, 0.5) is 0 Å². The molecule has 1 aliphatic rings. The molecule has 126 valence electrons. The van der Waals surface area contributed by atoms with Crippen molar-refractivity contribution in [1.29, 1.82) is 0 Å². The van der Waals surface area contributed by atoms with Crippen LogP contribution in [0.15, 0.2) is 28.7 Å². The zero-order valence-corrected chi connectivity index (χ0v) is 14.2. The highest BCUT2D eigenvalue weighted by Crippen LogP contribution is 2.32. The molecule has 0 saturated carbocycles. The molecule has 1 saturated heterocycles. The molecule has 6 nitrogen and oxygen atoms in total. The molecule has 2 N–H and O–H groups in total. The fourth-order valence-electron chi connectivity index (χ4n) is 3.63. The summed E-state index contributed by atoms with van der Waals surface area (Å²) in [6.07, 6.45) is 0. The number of nitrogens with zero attached hydrogens (tertiary/aromatic N) is 2. The van der Waals surface area contributed by atoms with Gasteiger partial charge in [0.15, 0.2) is 5.82 Å². The number of rotatable bonds is 4. The summed E-state index contributed by atoms with van der Waals surface area (Å²) in [7, 11) is 0. The van der Waals surface area contributed by atoms with E-state index in [1.807, 2.05) is 32.0 Å². The molecule has 0 radical (unpaired) electrons. The molecule has 3 aromatic rings. The molecular weight excluding hydrogens is 304 g/mol. The molecule has 1 aliphatic heterocycles. The highest BCUT2D eigenvalue weighted by atomic mass is 16.5. The van der Waals surface area contributed by atoms with Crippen LogP contribution < -0.4 is 5.32 Å². The molecule has 6 heteroatoms. The summed E-state index contributed by atoms with van der Waals surface area (Å²) in [6, 6.07) is 8.51. The van der Waals surface area contributed by atoms with Crippen molar-refractivity contribution in [1.82, 2.24) is 20.5 Å². The first-order chi connectivity index (χ1) is 11.6. The number of hydrogen-bond acceptors (Lipinski definition) is 5. The molecule has 0 aliphatic carbocycles. The van der Waals surface area contributed by atoms with E-state index in [4.69, 9.17) is 9.15 Å². The fourth-order valence-corrected chi connectivity index (χ4v) is 3.63. The second-order valence-electron chi connectivity index (χ2n) is 6.49. The van der Waals surface area contributed by atoms with Crippen molar-refractivity contribution in [2.45, 2.75) is 38.8 Å². The highest BCUT2D eigenvalue weighted by molar-refractivity contribution is 5.82. The van der Waals surface area contributed by atoms with E-state index in [0.717, 1.165) is 23.0 Å². The molecule has 3 heterocycles. The maximum Gasteiger partial charge on any atom is 0.157 e. The van der Waals surface area contributed by atoms with Crippen LogP contribution in [0, 0.1) is 13.8 Å². The van der Waals surface area contributed by atoms with E-state index in [9.17, 15) is 0 Å². The van der Waals surface area contributed by atoms with Gasteiger partial charge >= 0.3 is 0 Å². The lowest BCUT2D eigenvalue weighted by molar-refractivity contribution is 0.186. The maximum atomic E-state index is 5.90. The monoisotopic (exact) mass is 326 g/mol. The van der Waals surface area contributed by atoms with Crippen molar-refractivity contribution in [3.63, 3.8) is 0 Å². The number of fused-ring (bicyclic) bond motifs is 1. The number of benzene rings is 1. The Bertz CT molecular complexity index is 854. The Morgan fingerprint density at radius 1 is 1.25 bits per heavy atom. The van der Waals surface area contributed by atoms with E-state index >= 15 is 0 Å². The summed E-state index contributed by atoms with van der Waals surface area (Å²) in [6.45, 7) is 7.42. The molecule has 2 aromatic heterocycles. The second kappa shape index (κ2) is 6.03. The number of aryl methyl sites for hydroxylation is 2. The Labute approximate surface area is 140 Å². The van der Waals surface area contributed by atoms with Crippen LogP contribution in [0.1, 0.15) is 41.9 Å². The van der Waals surface area contributed by atoms with Crippen molar-refractivity contribution < 1.29 is 9.15 Å². The normalized spacial score (nSPS) is 22.3. The number of H-pyrrole nitrogens is 1. The number of nitrogens with one attached hydrogen (secondary N) is 2. The lowest BCUT2D eigenvalue weighted by Gasteiger charge is -2.22. The molecule has 1 unspecified atom stereocenters. The van der Waals surface area contributed by atoms with E-state index in [1.165, 1.54) is 10.9 Å². The van der Waals surface area contributed by atoms with Gasteiger partial charge in [0.05, 0.1) is 19.1 Å². The number of ether oxygens (including phenoxy) is 1. The first kappa shape index (κ1) is 15.4. The quantitative estimate of drug-likeness (QED) is 0.771. The highest BCUT2D eigenvalue weighted by Gasteiger charge is 2.34. The maximum absolute atomic E-state index is 5.90. The number of aromatic nitrogens is 3. The predicted molar refractivity (Wildman–Crippen MR) is 91.0 cm³/mol. The zero-order valence-electron chi connectivity index (χ0n) is 14.2. The second-order valence-corrected chi connectivity index (χ2v) is 6.49. The lowest BCUT2D eigenvalue weighted by atomic mass is 9.99. The lowest BCUT2D eigenvalue weighted by Crippen LogP contribution is -2.36. The van der Waals surface area contributed by atoms with E-state index in [-0.39, 0.29) is 18.0 Å². The molecule has 3 atom stereocenters. The number of aromatic amines is 1. The smallest absolute Gasteiger partial charge is 0.157 e. The summed E-state index contributed by atoms with van der Waals surface area (Å²) in [5.74, 6) is 2.78. The number of furan rings is 1. The largest absolute Gasteiger partial charge is 0.461 e. The molecular formula is C18H22N4O2. The first-order valence-electron chi connectivity index (χ1n) is 8.34. The summed E-state index contributed by atoms with van der Waals surface area (Å²) >= 11 is 0. The van der Waals surface area contributed by atoms with Gasteiger partial charge < -0.3 is 14.5 Å². The summed E-state index contributed by atoms with van der Waals surface area (Å²) in [5, 5.41) is 12.1.